The molecule has 0 bridgehead atoms. The van der Waals surface area contributed by atoms with Gasteiger partial charge in [0, 0.05) is 16.4 Å². The summed E-state index contributed by atoms with van der Waals surface area (Å²) in [5, 5.41) is 4.08. The minimum Gasteiger partial charge on any atom is -0.356 e. The number of hydrogen-bond donors (Lipinski definition) is 0. The fourth-order valence-electron chi connectivity index (χ4n) is 2.65. The number of thioether (sulfide) groups is 1. The first kappa shape index (κ1) is 14.5. The molecular formula is C14H15F2N3OS. The van der Waals surface area contributed by atoms with E-state index in [0.29, 0.717) is 18.0 Å². The second kappa shape index (κ2) is 5.06. The minimum absolute atomic E-state index is 0.315. The Balaban J connectivity index is 2.12. The van der Waals surface area contributed by atoms with Crippen LogP contribution in [-0.4, -0.2) is 25.5 Å². The maximum atomic E-state index is 14.3. The Hall–Kier alpha value is -1.47. The van der Waals surface area contributed by atoms with Gasteiger partial charge < -0.3 is 4.74 Å². The van der Waals surface area contributed by atoms with Gasteiger partial charge >= 0.3 is 0 Å². The van der Waals surface area contributed by atoms with Gasteiger partial charge in [0.1, 0.15) is 29.9 Å². The van der Waals surface area contributed by atoms with Gasteiger partial charge in [-0.25, -0.2) is 18.4 Å². The van der Waals surface area contributed by atoms with Crippen molar-refractivity contribution < 1.29 is 13.5 Å². The molecule has 0 N–H and O–H groups in total. The lowest BCUT2D eigenvalue weighted by Crippen LogP contribution is -2.46. The van der Waals surface area contributed by atoms with Crippen molar-refractivity contribution in [3.8, 4) is 0 Å². The predicted octanol–water partition coefficient (Wildman–Crippen LogP) is 2.95. The standard InChI is InChI=1S/C14H15F2N3OS/c1-13(2)14(20-9-21-13,6-19-8-17-7-18-19)11-4-3-10(15)5-12(11)16/h3-5,7-8H,6,9H2,1-2H3/t14-/m0/s1. The zero-order chi connectivity index (χ0) is 15.1. The third-order valence-electron chi connectivity index (χ3n) is 3.92. The number of aromatic nitrogens is 3. The molecular weight excluding hydrogens is 296 g/mol. The van der Waals surface area contributed by atoms with Crippen LogP contribution in [-0.2, 0) is 16.9 Å². The highest BCUT2D eigenvalue weighted by Crippen LogP contribution is 2.52. The number of rotatable bonds is 3. The normalized spacial score (nSPS) is 24.4. The maximum Gasteiger partial charge on any atom is 0.137 e. The third kappa shape index (κ3) is 2.34. The Bertz CT molecular complexity index is 648. The average molecular weight is 311 g/mol. The number of benzene rings is 1. The highest BCUT2D eigenvalue weighted by atomic mass is 32.2. The SMILES string of the molecule is CC1(C)SCO[C@@]1(Cn1cncn1)c1ccc(F)cc1F. The van der Waals surface area contributed by atoms with Crippen molar-refractivity contribution in [2.24, 2.45) is 0 Å². The van der Waals surface area contributed by atoms with Gasteiger partial charge in [-0.1, -0.05) is 6.07 Å². The van der Waals surface area contributed by atoms with Gasteiger partial charge in [0.25, 0.3) is 0 Å². The molecule has 1 fully saturated rings. The van der Waals surface area contributed by atoms with Crippen LogP contribution in [0.4, 0.5) is 8.78 Å². The first-order valence-corrected chi connectivity index (χ1v) is 7.49. The molecule has 112 valence electrons. The molecule has 0 radical (unpaired) electrons. The summed E-state index contributed by atoms with van der Waals surface area (Å²) >= 11 is 1.59. The van der Waals surface area contributed by atoms with Crippen LogP contribution in [0.5, 0.6) is 0 Å². The molecule has 0 spiro atoms. The zero-order valence-corrected chi connectivity index (χ0v) is 12.5. The molecule has 2 aromatic rings. The molecule has 0 aliphatic carbocycles. The number of hydrogen-bond acceptors (Lipinski definition) is 4. The summed E-state index contributed by atoms with van der Waals surface area (Å²) < 4.78 is 34.7. The molecule has 1 aromatic heterocycles. The molecule has 4 nitrogen and oxygen atoms in total. The maximum absolute atomic E-state index is 14.3. The highest BCUT2D eigenvalue weighted by Gasteiger charge is 2.54. The summed E-state index contributed by atoms with van der Waals surface area (Å²) in [6.07, 6.45) is 2.98. The molecule has 3 rings (SSSR count). The Morgan fingerprint density at radius 3 is 2.76 bits per heavy atom. The van der Waals surface area contributed by atoms with Gasteiger partial charge in [-0.2, -0.15) is 5.10 Å². The van der Waals surface area contributed by atoms with E-state index in [-0.39, 0.29) is 0 Å². The molecule has 2 heterocycles. The van der Waals surface area contributed by atoms with Crippen molar-refractivity contribution in [2.75, 3.05) is 5.94 Å². The lowest BCUT2D eigenvalue weighted by atomic mass is 9.81. The fourth-order valence-corrected chi connectivity index (χ4v) is 3.67. The molecule has 1 atom stereocenters. The first-order chi connectivity index (χ1) is 9.95. The van der Waals surface area contributed by atoms with Crippen molar-refractivity contribution in [1.29, 1.82) is 0 Å². The van der Waals surface area contributed by atoms with Crippen LogP contribution in [0, 0.1) is 11.6 Å². The molecule has 21 heavy (non-hydrogen) atoms. The van der Waals surface area contributed by atoms with Gasteiger partial charge in [-0.15, -0.1) is 11.8 Å². The molecule has 0 unspecified atom stereocenters. The largest absolute Gasteiger partial charge is 0.356 e. The van der Waals surface area contributed by atoms with E-state index in [0.717, 1.165) is 6.07 Å². The molecule has 0 saturated carbocycles. The lowest BCUT2D eigenvalue weighted by molar-refractivity contribution is -0.0486. The molecule has 1 aliphatic rings. The Morgan fingerprint density at radius 1 is 1.38 bits per heavy atom. The molecule has 1 saturated heterocycles. The van der Waals surface area contributed by atoms with Crippen LogP contribution < -0.4 is 0 Å². The van der Waals surface area contributed by atoms with Crippen LogP contribution in [0.15, 0.2) is 30.9 Å². The van der Waals surface area contributed by atoms with E-state index in [1.807, 2.05) is 13.8 Å². The number of nitrogens with zero attached hydrogens (tertiary/aromatic N) is 3. The molecule has 7 heteroatoms. The summed E-state index contributed by atoms with van der Waals surface area (Å²) in [6.45, 7) is 4.30. The monoisotopic (exact) mass is 311 g/mol. The summed E-state index contributed by atoms with van der Waals surface area (Å²) in [5.74, 6) is -0.764. The van der Waals surface area contributed by atoms with Crippen molar-refractivity contribution in [2.45, 2.75) is 30.7 Å². The summed E-state index contributed by atoms with van der Waals surface area (Å²) in [4.78, 5) is 3.91. The van der Waals surface area contributed by atoms with Crippen LogP contribution in [0.1, 0.15) is 19.4 Å². The fraction of sp³-hybridized carbons (Fsp3) is 0.429. The van der Waals surface area contributed by atoms with Gasteiger partial charge in [0.05, 0.1) is 12.5 Å². The van der Waals surface area contributed by atoms with E-state index >= 15 is 0 Å². The Kier molecular flexibility index (Phi) is 3.49. The van der Waals surface area contributed by atoms with Gasteiger partial charge in [0.2, 0.25) is 0 Å². The smallest absolute Gasteiger partial charge is 0.137 e. The molecule has 0 amide bonds. The van der Waals surface area contributed by atoms with Gasteiger partial charge in [-0.3, -0.25) is 0 Å². The van der Waals surface area contributed by atoms with E-state index in [1.165, 1.54) is 18.5 Å². The summed E-state index contributed by atoms with van der Waals surface area (Å²) in [7, 11) is 0. The van der Waals surface area contributed by atoms with Crippen LogP contribution in [0.25, 0.3) is 0 Å². The minimum atomic E-state index is -0.927. The van der Waals surface area contributed by atoms with Crippen molar-refractivity contribution in [3.05, 3.63) is 48.1 Å². The lowest BCUT2D eigenvalue weighted by Gasteiger charge is -2.39. The quantitative estimate of drug-likeness (QED) is 0.874. The van der Waals surface area contributed by atoms with Crippen molar-refractivity contribution in [3.63, 3.8) is 0 Å². The topological polar surface area (TPSA) is 39.9 Å². The van der Waals surface area contributed by atoms with Crippen LogP contribution >= 0.6 is 11.8 Å². The predicted molar refractivity (Wildman–Crippen MR) is 75.7 cm³/mol. The second-order valence-corrected chi connectivity index (χ2v) is 7.01. The van der Waals surface area contributed by atoms with E-state index in [2.05, 4.69) is 10.1 Å². The summed E-state index contributed by atoms with van der Waals surface area (Å²) in [6, 6.07) is 3.60. The van der Waals surface area contributed by atoms with Gasteiger partial charge in [0.15, 0.2) is 0 Å². The average Bonchev–Trinajstić information content (AvgIpc) is 2.99. The first-order valence-electron chi connectivity index (χ1n) is 6.50. The van der Waals surface area contributed by atoms with E-state index in [9.17, 15) is 8.78 Å². The van der Waals surface area contributed by atoms with E-state index in [1.54, 1.807) is 22.8 Å². The molecule has 1 aliphatic heterocycles. The van der Waals surface area contributed by atoms with Crippen LogP contribution in [0.2, 0.25) is 0 Å². The van der Waals surface area contributed by atoms with Gasteiger partial charge in [-0.05, 0) is 19.9 Å². The highest BCUT2D eigenvalue weighted by molar-refractivity contribution is 8.00. The second-order valence-electron chi connectivity index (χ2n) is 5.46. The van der Waals surface area contributed by atoms with Crippen molar-refractivity contribution >= 4 is 11.8 Å². The van der Waals surface area contributed by atoms with Crippen molar-refractivity contribution in [1.82, 2.24) is 14.8 Å². The Labute approximate surface area is 125 Å². The Morgan fingerprint density at radius 2 is 2.19 bits per heavy atom. The van der Waals surface area contributed by atoms with E-state index in [4.69, 9.17) is 4.74 Å². The third-order valence-corrected chi connectivity index (χ3v) is 5.20. The van der Waals surface area contributed by atoms with Crippen LogP contribution in [0.3, 0.4) is 0 Å². The zero-order valence-electron chi connectivity index (χ0n) is 11.7. The van der Waals surface area contributed by atoms with E-state index < -0.39 is 22.0 Å². The summed E-state index contributed by atoms with van der Waals surface area (Å²) in [5.41, 5.74) is -0.585. The number of ether oxygens (including phenoxy) is 1. The number of halogens is 2. The molecule has 1 aromatic carbocycles.